The van der Waals surface area contributed by atoms with Crippen LogP contribution in [0.2, 0.25) is 0 Å². The number of phenols is 1. The van der Waals surface area contributed by atoms with E-state index in [0.717, 1.165) is 10.9 Å². The van der Waals surface area contributed by atoms with Crippen LogP contribution in [0.3, 0.4) is 0 Å². The second kappa shape index (κ2) is 6.45. The molecule has 0 aliphatic heterocycles. The van der Waals surface area contributed by atoms with Crippen LogP contribution in [0, 0.1) is 0 Å². The minimum absolute atomic E-state index is 0. The van der Waals surface area contributed by atoms with E-state index in [0.29, 0.717) is 11.8 Å². The Hall–Kier alpha value is -0.290. The van der Waals surface area contributed by atoms with Gasteiger partial charge < -0.3 is 33.6 Å². The van der Waals surface area contributed by atoms with E-state index in [9.17, 15) is 0 Å². The van der Waals surface area contributed by atoms with Gasteiger partial charge >= 0.3 is 0 Å². The van der Waals surface area contributed by atoms with E-state index in [2.05, 4.69) is 28.1 Å². The van der Waals surface area contributed by atoms with Crippen LogP contribution in [0.25, 0.3) is 0 Å². The standard InChI is InChI=1S/C13H21NO.HI/c1-11(14(2,3)4)5-6-12-7-9-13(15)10-8-12;/h7-11H,5-6H2,1-4H3;1H. The third kappa shape index (κ3) is 5.16. The van der Waals surface area contributed by atoms with Gasteiger partial charge in [-0.2, -0.15) is 0 Å². The van der Waals surface area contributed by atoms with E-state index in [4.69, 9.17) is 5.11 Å². The van der Waals surface area contributed by atoms with E-state index in [1.807, 2.05) is 12.1 Å². The summed E-state index contributed by atoms with van der Waals surface area (Å²) in [6.07, 6.45) is 2.26. The maximum Gasteiger partial charge on any atom is 0.115 e. The van der Waals surface area contributed by atoms with Gasteiger partial charge in [0, 0.05) is 6.42 Å². The Bertz CT molecular complexity index is 303. The normalized spacial score (nSPS) is 13.0. The summed E-state index contributed by atoms with van der Waals surface area (Å²) in [5.41, 5.74) is 1.30. The smallest absolute Gasteiger partial charge is 0.115 e. The summed E-state index contributed by atoms with van der Waals surface area (Å²) in [6.45, 7) is 2.28. The first kappa shape index (κ1) is 15.7. The molecule has 0 heterocycles. The van der Waals surface area contributed by atoms with Gasteiger partial charge in [-0.25, -0.2) is 0 Å². The molecule has 0 fully saturated rings. The lowest BCUT2D eigenvalue weighted by atomic mass is 10.0. The van der Waals surface area contributed by atoms with Crippen LogP contribution >= 0.6 is 0 Å². The predicted octanol–water partition coefficient (Wildman–Crippen LogP) is -0.576. The van der Waals surface area contributed by atoms with Crippen LogP contribution in [-0.2, 0) is 6.42 Å². The highest BCUT2D eigenvalue weighted by molar-refractivity contribution is 5.25. The predicted molar refractivity (Wildman–Crippen MR) is 63.9 cm³/mol. The molecule has 3 heteroatoms. The fourth-order valence-corrected chi connectivity index (χ4v) is 1.43. The number of nitrogens with zero attached hydrogens (tertiary/aromatic N) is 1. The SMILES string of the molecule is CC(CCc1ccc(O)cc1)[N+](C)(C)C.[I-]. The Morgan fingerprint density at radius 2 is 1.62 bits per heavy atom. The quantitative estimate of drug-likeness (QED) is 0.577. The highest BCUT2D eigenvalue weighted by atomic mass is 127. The fraction of sp³-hybridized carbons (Fsp3) is 0.538. The molecule has 0 radical (unpaired) electrons. The molecule has 0 amide bonds. The van der Waals surface area contributed by atoms with Gasteiger partial charge in [-0.05, 0) is 31.0 Å². The van der Waals surface area contributed by atoms with Crippen molar-refractivity contribution in [3.05, 3.63) is 29.8 Å². The van der Waals surface area contributed by atoms with Crippen molar-refractivity contribution in [2.24, 2.45) is 0 Å². The zero-order chi connectivity index (χ0) is 11.5. The Morgan fingerprint density at radius 3 is 2.06 bits per heavy atom. The van der Waals surface area contributed by atoms with Crippen LogP contribution < -0.4 is 24.0 Å². The molecule has 1 atom stereocenters. The average Bonchev–Trinajstić information content (AvgIpc) is 2.15. The number of hydrogen-bond acceptors (Lipinski definition) is 1. The molecule has 0 saturated heterocycles. The second-order valence-electron chi connectivity index (χ2n) is 5.17. The zero-order valence-corrected chi connectivity index (χ0v) is 12.7. The number of phenolic OH excluding ortho intramolecular Hbond substituents is 1. The second-order valence-corrected chi connectivity index (χ2v) is 5.17. The van der Waals surface area contributed by atoms with Gasteiger partial charge in [0.25, 0.3) is 0 Å². The maximum atomic E-state index is 9.16. The number of quaternary nitrogens is 1. The van der Waals surface area contributed by atoms with Crippen molar-refractivity contribution >= 4 is 0 Å². The van der Waals surface area contributed by atoms with E-state index in [1.54, 1.807) is 12.1 Å². The lowest BCUT2D eigenvalue weighted by molar-refractivity contribution is -0.894. The van der Waals surface area contributed by atoms with Crippen LogP contribution in [0.5, 0.6) is 5.75 Å². The molecule has 1 aromatic rings. The van der Waals surface area contributed by atoms with Gasteiger partial charge in [0.05, 0.1) is 27.2 Å². The topological polar surface area (TPSA) is 20.2 Å². The zero-order valence-electron chi connectivity index (χ0n) is 10.6. The van der Waals surface area contributed by atoms with E-state index >= 15 is 0 Å². The van der Waals surface area contributed by atoms with Crippen LogP contribution in [0.4, 0.5) is 0 Å². The third-order valence-corrected chi connectivity index (χ3v) is 3.11. The summed E-state index contributed by atoms with van der Waals surface area (Å²) in [7, 11) is 6.67. The van der Waals surface area contributed by atoms with Gasteiger partial charge in [0.1, 0.15) is 5.75 Å². The van der Waals surface area contributed by atoms with Gasteiger partial charge in [0.15, 0.2) is 0 Å². The molecule has 1 N–H and O–H groups in total. The number of halogens is 1. The van der Waals surface area contributed by atoms with Gasteiger partial charge in [-0.15, -0.1) is 0 Å². The molecule has 1 rings (SSSR count). The first-order chi connectivity index (χ1) is 6.89. The molecule has 0 aliphatic carbocycles. The Morgan fingerprint density at radius 1 is 1.12 bits per heavy atom. The number of benzene rings is 1. The Kier molecular flexibility index (Phi) is 6.33. The molecule has 92 valence electrons. The lowest BCUT2D eigenvalue weighted by Gasteiger charge is -2.31. The molecular weight excluding hydrogens is 313 g/mol. The van der Waals surface area contributed by atoms with Crippen molar-refractivity contribution < 1.29 is 33.6 Å². The summed E-state index contributed by atoms with van der Waals surface area (Å²) in [6, 6.07) is 8.16. The molecule has 1 aromatic carbocycles. The van der Waals surface area contributed by atoms with E-state index in [1.165, 1.54) is 12.0 Å². The minimum atomic E-state index is 0. The summed E-state index contributed by atoms with van der Waals surface area (Å²) in [5, 5.41) is 9.16. The largest absolute Gasteiger partial charge is 1.00 e. The van der Waals surface area contributed by atoms with Crippen molar-refractivity contribution in [3.63, 3.8) is 0 Å². The van der Waals surface area contributed by atoms with Crippen molar-refractivity contribution in [1.29, 1.82) is 0 Å². The molecule has 0 aromatic heterocycles. The summed E-state index contributed by atoms with van der Waals surface area (Å²) in [5.74, 6) is 0.346. The van der Waals surface area contributed by atoms with Gasteiger partial charge in [-0.1, -0.05) is 12.1 Å². The van der Waals surface area contributed by atoms with Crippen molar-refractivity contribution in [1.82, 2.24) is 0 Å². The summed E-state index contributed by atoms with van der Waals surface area (Å²) >= 11 is 0. The first-order valence-electron chi connectivity index (χ1n) is 5.48. The maximum absolute atomic E-state index is 9.16. The molecule has 0 spiro atoms. The van der Waals surface area contributed by atoms with Crippen LogP contribution in [-0.4, -0.2) is 36.8 Å². The highest BCUT2D eigenvalue weighted by Gasteiger charge is 2.17. The van der Waals surface area contributed by atoms with E-state index in [-0.39, 0.29) is 24.0 Å². The summed E-state index contributed by atoms with van der Waals surface area (Å²) < 4.78 is 0.998. The number of aryl methyl sites for hydroxylation is 1. The molecule has 16 heavy (non-hydrogen) atoms. The molecule has 0 bridgehead atoms. The molecule has 1 unspecified atom stereocenters. The highest BCUT2D eigenvalue weighted by Crippen LogP contribution is 2.14. The average molecular weight is 335 g/mol. The van der Waals surface area contributed by atoms with Gasteiger partial charge in [0.2, 0.25) is 0 Å². The third-order valence-electron chi connectivity index (χ3n) is 3.11. The van der Waals surface area contributed by atoms with Crippen molar-refractivity contribution in [2.75, 3.05) is 21.1 Å². The molecule has 2 nitrogen and oxygen atoms in total. The lowest BCUT2D eigenvalue weighted by Crippen LogP contribution is -3.00. The Labute approximate surface area is 116 Å². The number of rotatable bonds is 4. The van der Waals surface area contributed by atoms with Crippen molar-refractivity contribution in [3.8, 4) is 5.75 Å². The van der Waals surface area contributed by atoms with Crippen LogP contribution in [0.15, 0.2) is 24.3 Å². The Balaban J connectivity index is 0.00000225. The molecule has 0 aliphatic rings. The van der Waals surface area contributed by atoms with E-state index < -0.39 is 0 Å². The van der Waals surface area contributed by atoms with Crippen LogP contribution in [0.1, 0.15) is 18.9 Å². The fourth-order valence-electron chi connectivity index (χ4n) is 1.43. The molecule has 0 saturated carbocycles. The van der Waals surface area contributed by atoms with Gasteiger partial charge in [-0.3, -0.25) is 0 Å². The number of aromatic hydroxyl groups is 1. The monoisotopic (exact) mass is 335 g/mol. The minimum Gasteiger partial charge on any atom is -1.00 e. The van der Waals surface area contributed by atoms with Crippen molar-refractivity contribution in [2.45, 2.75) is 25.8 Å². The number of hydrogen-bond donors (Lipinski definition) is 1. The summed E-state index contributed by atoms with van der Waals surface area (Å²) in [4.78, 5) is 0. The molecular formula is C13H22INO. The first-order valence-corrected chi connectivity index (χ1v) is 5.48.